The Morgan fingerprint density at radius 3 is 0.695 bits per heavy atom. The zero-order chi connectivity index (χ0) is 73.3. The van der Waals surface area contributed by atoms with Crippen LogP contribution in [0.1, 0.15) is 22.8 Å². The van der Waals surface area contributed by atoms with E-state index in [0.29, 0.717) is 269 Å². The average molecular weight is 1660 g/mol. The minimum absolute atomic E-state index is 0. The Hall–Kier alpha value is -5.30. The van der Waals surface area contributed by atoms with Crippen molar-refractivity contribution in [2.45, 2.75) is 0 Å². The van der Waals surface area contributed by atoms with E-state index in [1.807, 2.05) is 72.8 Å². The number of benzene rings is 2. The standard InChI is InChI=1S/C74H102Br2N4O24.Zn/c1-81-15-21-87-27-33-93-39-45-99-65-51-55(52-66(100-46-40-94-34-28-88-22-16-82-2)73(65)103-49-43-97-37-31-91-25-19-85-5)69-57-7-11-61(77-57)71(75)63-13-9-59(79-63)70(60-10-14-64(80-60)72(76)62-12-8-58(69)78-62)56-53-67(101-47-41-95-35-29-89-23-17-83-3)74(104-50-44-98-38-32-92-26-20-86-6)68(54-56)102-48-42-96-36-30-90-24-18-84-4;/h7-14,51-54H,15-50H2,1-6H3;/q-2;+2. The quantitative estimate of drug-likeness (QED) is 0.0254. The Morgan fingerprint density at radius 2 is 0.457 bits per heavy atom. The van der Waals surface area contributed by atoms with Crippen LogP contribution in [0.4, 0.5) is 0 Å². The smallest absolute Gasteiger partial charge is 0.656 e. The molecule has 0 unspecified atom stereocenters. The second kappa shape index (κ2) is 55.2. The molecule has 0 amide bonds. The molecule has 7 rings (SSSR count). The van der Waals surface area contributed by atoms with Crippen molar-refractivity contribution < 1.29 is 133 Å². The van der Waals surface area contributed by atoms with Gasteiger partial charge in [-0.15, -0.1) is 22.1 Å². The van der Waals surface area contributed by atoms with Crippen LogP contribution in [-0.2, 0) is 105 Å². The first-order chi connectivity index (χ1) is 51.3. The van der Waals surface area contributed by atoms with E-state index >= 15 is 0 Å². The summed E-state index contributed by atoms with van der Waals surface area (Å²) in [5.41, 5.74) is 7.32. The monoisotopic (exact) mass is 1650 g/mol. The van der Waals surface area contributed by atoms with Gasteiger partial charge >= 0.3 is 19.5 Å². The third-order valence-electron chi connectivity index (χ3n) is 14.8. The summed E-state index contributed by atoms with van der Waals surface area (Å²) in [7, 11) is 9.77. The maximum atomic E-state index is 6.62. The summed E-state index contributed by atoms with van der Waals surface area (Å²) < 4.78 is 141. The molecule has 31 heteroatoms. The Labute approximate surface area is 645 Å². The van der Waals surface area contributed by atoms with Crippen LogP contribution in [0.15, 0.2) is 57.5 Å². The first kappa shape index (κ1) is 88.6. The molecule has 0 atom stereocenters. The van der Waals surface area contributed by atoms with E-state index in [1.165, 1.54) is 0 Å². The molecule has 578 valence electrons. The third kappa shape index (κ3) is 32.4. The van der Waals surface area contributed by atoms with Crippen molar-refractivity contribution in [3.05, 3.63) is 80.3 Å². The SMILES string of the molecule is COCCOCCOCCOc1cc(-c2c3nc(c(Br)c4ccc([n-]4)c(-c4cc(OCCOCCOCCOC)c(OCCOCCOCCOC)c(OCCOCCOCCOC)c4)c4nc(c(Br)c5ccc2[n-]5)C=C4)C=C3)cc(OCCOCCOCCOC)c1OCCOCCOCCOC.[Zn+2]. The molecule has 0 N–H and O–H groups in total. The molecule has 2 aromatic carbocycles. The summed E-state index contributed by atoms with van der Waals surface area (Å²) in [6.07, 6.45) is 7.74. The molecule has 0 fully saturated rings. The average Bonchev–Trinajstić information content (AvgIpc) is 1.66. The van der Waals surface area contributed by atoms with Gasteiger partial charge in [-0.25, -0.2) is 9.97 Å². The predicted molar refractivity (Wildman–Crippen MR) is 397 cm³/mol. The zero-order valence-corrected chi connectivity index (χ0v) is 67.6. The fraction of sp³-hybridized carbons (Fsp3) is 0.568. The first-order valence-electron chi connectivity index (χ1n) is 34.7. The number of rotatable bonds is 62. The van der Waals surface area contributed by atoms with Crippen LogP contribution >= 0.6 is 31.9 Å². The summed E-state index contributed by atoms with van der Waals surface area (Å²) in [5, 5.41) is 0. The number of aromatic nitrogens is 4. The molecule has 0 saturated carbocycles. The van der Waals surface area contributed by atoms with Crippen molar-refractivity contribution >= 4 is 78.2 Å². The van der Waals surface area contributed by atoms with Gasteiger partial charge in [-0.3, -0.25) is 0 Å². The fourth-order valence-corrected chi connectivity index (χ4v) is 10.7. The molecule has 2 aliphatic heterocycles. The number of nitrogens with zero attached hydrogens (tertiary/aromatic N) is 4. The van der Waals surface area contributed by atoms with Crippen LogP contribution < -0.4 is 38.4 Å². The summed E-state index contributed by atoms with van der Waals surface area (Å²) in [5.74, 6) is 2.17. The Morgan fingerprint density at radius 1 is 0.257 bits per heavy atom. The minimum Gasteiger partial charge on any atom is -0.656 e. The van der Waals surface area contributed by atoms with Gasteiger partial charge in [0.05, 0.1) is 221 Å². The molecule has 0 radical (unpaired) electrons. The van der Waals surface area contributed by atoms with Gasteiger partial charge in [-0.2, -0.15) is 0 Å². The number of hydrogen-bond donors (Lipinski definition) is 0. The summed E-state index contributed by atoms with van der Waals surface area (Å²) in [4.78, 5) is 21.3. The largest absolute Gasteiger partial charge is 2.00 e. The summed E-state index contributed by atoms with van der Waals surface area (Å²) in [6.45, 7) is 12.4. The normalized spacial score (nSPS) is 11.8. The topological polar surface area (TPSA) is 275 Å². The number of hydrogen-bond acceptors (Lipinski definition) is 26. The van der Waals surface area contributed by atoms with Crippen molar-refractivity contribution in [3.63, 3.8) is 0 Å². The van der Waals surface area contributed by atoms with Crippen LogP contribution in [0.25, 0.3) is 68.6 Å². The van der Waals surface area contributed by atoms with E-state index in [0.717, 1.165) is 0 Å². The third-order valence-corrected chi connectivity index (χ3v) is 16.4. The van der Waals surface area contributed by atoms with E-state index < -0.39 is 0 Å². The van der Waals surface area contributed by atoms with Gasteiger partial charge in [0.1, 0.15) is 39.6 Å². The first-order valence-corrected chi connectivity index (χ1v) is 36.3. The molecule has 0 saturated heterocycles. The molecule has 5 heterocycles. The van der Waals surface area contributed by atoms with Crippen molar-refractivity contribution in [3.8, 4) is 56.8 Å². The van der Waals surface area contributed by atoms with E-state index in [-0.39, 0.29) is 98.8 Å². The summed E-state index contributed by atoms with van der Waals surface area (Å²) >= 11 is 7.90. The Balaban J connectivity index is 0.0000173. The number of methoxy groups -OCH3 is 6. The van der Waals surface area contributed by atoms with Crippen LogP contribution in [0.2, 0.25) is 0 Å². The van der Waals surface area contributed by atoms with Gasteiger partial charge < -0.3 is 124 Å². The van der Waals surface area contributed by atoms with Gasteiger partial charge in [0.15, 0.2) is 23.0 Å². The number of ether oxygens (including phenoxy) is 24. The minimum atomic E-state index is 0. The number of fused-ring (bicyclic) bond motifs is 8. The van der Waals surface area contributed by atoms with Gasteiger partial charge in [-0.05, 0) is 103 Å². The van der Waals surface area contributed by atoms with Crippen molar-refractivity contribution in [1.82, 2.24) is 19.9 Å². The summed E-state index contributed by atoms with van der Waals surface area (Å²) in [6, 6.07) is 15.3. The maximum absolute atomic E-state index is 6.62. The van der Waals surface area contributed by atoms with Crippen LogP contribution in [0.3, 0.4) is 0 Å². The second-order valence-corrected chi connectivity index (χ2v) is 23.8. The van der Waals surface area contributed by atoms with E-state index in [9.17, 15) is 0 Å². The van der Waals surface area contributed by atoms with E-state index in [4.69, 9.17) is 134 Å². The van der Waals surface area contributed by atoms with Crippen LogP contribution in [0, 0.1) is 0 Å². The van der Waals surface area contributed by atoms with Crippen molar-refractivity contribution in [2.24, 2.45) is 0 Å². The molecule has 0 aliphatic carbocycles. The molecule has 28 nitrogen and oxygen atoms in total. The van der Waals surface area contributed by atoms with Crippen molar-refractivity contribution in [2.75, 3.05) is 281 Å². The van der Waals surface area contributed by atoms with E-state index in [2.05, 4.69) is 31.9 Å². The van der Waals surface area contributed by atoms with E-state index in [1.54, 1.807) is 42.7 Å². The molecule has 3 aromatic heterocycles. The molecule has 0 spiro atoms. The Bertz CT molecular complexity index is 3130. The van der Waals surface area contributed by atoms with Crippen LogP contribution in [0.5, 0.6) is 34.5 Å². The molecular formula is C74H102Br2N4O24Zn. The molecule has 2 aliphatic rings. The maximum Gasteiger partial charge on any atom is 2.00 e. The molecule has 8 bridgehead atoms. The van der Waals surface area contributed by atoms with Gasteiger partial charge in [0.2, 0.25) is 11.5 Å². The number of halogens is 2. The molecule has 5 aromatic rings. The predicted octanol–water partition coefficient (Wildman–Crippen LogP) is 9.12. The Kier molecular flexibility index (Phi) is 46.5. The van der Waals surface area contributed by atoms with Crippen LogP contribution in [-0.4, -0.2) is 290 Å². The fourth-order valence-electron chi connectivity index (χ4n) is 9.80. The van der Waals surface area contributed by atoms with Gasteiger partial charge in [0, 0.05) is 51.6 Å². The van der Waals surface area contributed by atoms with Gasteiger partial charge in [-0.1, -0.05) is 24.3 Å². The van der Waals surface area contributed by atoms with Gasteiger partial charge in [0.25, 0.3) is 0 Å². The second-order valence-electron chi connectivity index (χ2n) is 22.2. The zero-order valence-electron chi connectivity index (χ0n) is 61.4. The molecule has 105 heavy (non-hydrogen) atoms. The molecular weight excluding hydrogens is 1550 g/mol. The van der Waals surface area contributed by atoms with Crippen molar-refractivity contribution in [1.29, 1.82) is 0 Å².